The topological polar surface area (TPSA) is 62.5 Å². The molecule has 0 unspecified atom stereocenters. The number of nitrogens with zero attached hydrogens (tertiary/aromatic N) is 2. The fourth-order valence-electron chi connectivity index (χ4n) is 3.85. The highest BCUT2D eigenvalue weighted by molar-refractivity contribution is 6.04. The van der Waals surface area contributed by atoms with E-state index in [1.54, 1.807) is 17.0 Å². The van der Waals surface area contributed by atoms with Crippen molar-refractivity contribution in [1.29, 1.82) is 0 Å². The quantitative estimate of drug-likeness (QED) is 0.917. The minimum Gasteiger partial charge on any atom is -0.478 e. The van der Waals surface area contributed by atoms with E-state index in [0.717, 1.165) is 36.8 Å². The lowest BCUT2D eigenvalue weighted by atomic mass is 9.95. The number of aryl methyl sites for hydroxylation is 1. The van der Waals surface area contributed by atoms with Crippen molar-refractivity contribution in [2.24, 2.45) is 0 Å². The maximum atomic E-state index is 12.6. The molecular weight excluding hydrogens is 304 g/mol. The van der Waals surface area contributed by atoms with Gasteiger partial charge in [0.05, 0.1) is 11.1 Å². The van der Waals surface area contributed by atoms with Gasteiger partial charge in [-0.15, -0.1) is 0 Å². The van der Waals surface area contributed by atoms with Gasteiger partial charge in [0.2, 0.25) is 5.91 Å². The molecule has 0 spiro atoms. The monoisotopic (exact) mass is 328 g/mol. The van der Waals surface area contributed by atoms with Crippen molar-refractivity contribution in [3.05, 3.63) is 35.0 Å². The molecule has 1 N–H and O–H groups in total. The van der Waals surface area contributed by atoms with Gasteiger partial charge in [0.15, 0.2) is 0 Å². The van der Waals surface area contributed by atoms with E-state index in [-0.39, 0.29) is 18.0 Å². The largest absolute Gasteiger partial charge is 0.478 e. The lowest BCUT2D eigenvalue weighted by Gasteiger charge is -2.21. The number of aromatic nitrogens is 1. The van der Waals surface area contributed by atoms with Crippen molar-refractivity contribution in [2.45, 2.75) is 46.1 Å². The Morgan fingerprint density at radius 1 is 1.17 bits per heavy atom. The molecule has 0 saturated heterocycles. The number of amides is 1. The third-order valence-electron chi connectivity index (χ3n) is 5.04. The van der Waals surface area contributed by atoms with Gasteiger partial charge in [-0.25, -0.2) is 4.79 Å². The summed E-state index contributed by atoms with van der Waals surface area (Å²) in [4.78, 5) is 26.1. The lowest BCUT2D eigenvalue weighted by molar-refractivity contribution is -0.131. The number of hydrogen-bond acceptors (Lipinski definition) is 2. The highest BCUT2D eigenvalue weighted by atomic mass is 16.4. The van der Waals surface area contributed by atoms with Crippen LogP contribution in [0.4, 0.5) is 0 Å². The van der Waals surface area contributed by atoms with E-state index in [1.807, 2.05) is 24.5 Å². The number of hydrogen-bond donors (Lipinski definition) is 1. The number of carbonyl (C=O) groups is 2. The van der Waals surface area contributed by atoms with E-state index in [4.69, 9.17) is 0 Å². The average Bonchev–Trinajstić information content (AvgIpc) is 2.90. The van der Waals surface area contributed by atoms with Crippen LogP contribution >= 0.6 is 0 Å². The van der Waals surface area contributed by atoms with E-state index >= 15 is 0 Å². The highest BCUT2D eigenvalue weighted by Crippen LogP contribution is 2.34. The summed E-state index contributed by atoms with van der Waals surface area (Å²) in [5.41, 5.74) is 3.36. The van der Waals surface area contributed by atoms with Gasteiger partial charge in [0.1, 0.15) is 6.54 Å². The average molecular weight is 328 g/mol. The Morgan fingerprint density at radius 3 is 2.54 bits per heavy atom. The molecule has 2 aromatic rings. The minimum atomic E-state index is -0.938. The smallest absolute Gasteiger partial charge is 0.337 e. The molecule has 0 bridgehead atoms. The van der Waals surface area contributed by atoms with Crippen molar-refractivity contribution in [2.75, 3.05) is 13.1 Å². The number of benzene rings is 1. The SMILES string of the molecule is CCN(CC)C(=O)Cn1c2c(c3cccc(C(=O)O)c31)CCCC2. The second kappa shape index (κ2) is 6.67. The van der Waals surface area contributed by atoms with Crippen LogP contribution in [0.25, 0.3) is 10.9 Å². The van der Waals surface area contributed by atoms with Crippen molar-refractivity contribution in [3.63, 3.8) is 0 Å². The molecule has 1 aromatic carbocycles. The Balaban J connectivity index is 2.18. The zero-order valence-corrected chi connectivity index (χ0v) is 14.3. The predicted octanol–water partition coefficient (Wildman–Crippen LogP) is 3.09. The molecule has 0 radical (unpaired) electrons. The second-order valence-electron chi connectivity index (χ2n) is 6.29. The molecule has 1 aliphatic carbocycles. The molecule has 0 aliphatic heterocycles. The summed E-state index contributed by atoms with van der Waals surface area (Å²) in [6.07, 6.45) is 4.08. The van der Waals surface area contributed by atoms with Crippen LogP contribution in [-0.2, 0) is 24.2 Å². The Labute approximate surface area is 141 Å². The van der Waals surface area contributed by atoms with E-state index in [0.29, 0.717) is 18.6 Å². The molecule has 5 nitrogen and oxygen atoms in total. The maximum Gasteiger partial charge on any atom is 0.337 e. The molecule has 0 atom stereocenters. The fourth-order valence-corrected chi connectivity index (χ4v) is 3.85. The summed E-state index contributed by atoms with van der Waals surface area (Å²) in [6, 6.07) is 5.43. The molecule has 5 heteroatoms. The first-order chi connectivity index (χ1) is 11.6. The van der Waals surface area contributed by atoms with Crippen LogP contribution in [0.3, 0.4) is 0 Å². The number of para-hydroxylation sites is 1. The van der Waals surface area contributed by atoms with Gasteiger partial charge in [-0.2, -0.15) is 0 Å². The van der Waals surface area contributed by atoms with Gasteiger partial charge in [0.25, 0.3) is 0 Å². The van der Waals surface area contributed by atoms with Crippen LogP contribution in [0.2, 0.25) is 0 Å². The number of carboxylic acids is 1. The van der Waals surface area contributed by atoms with Gasteiger partial charge in [0, 0.05) is 24.2 Å². The third kappa shape index (κ3) is 2.68. The van der Waals surface area contributed by atoms with Crippen molar-refractivity contribution >= 4 is 22.8 Å². The minimum absolute atomic E-state index is 0.0467. The maximum absolute atomic E-state index is 12.6. The molecule has 3 rings (SSSR count). The van der Waals surface area contributed by atoms with Gasteiger partial charge in [-0.3, -0.25) is 4.79 Å². The normalized spacial score (nSPS) is 13.8. The van der Waals surface area contributed by atoms with Gasteiger partial charge in [-0.1, -0.05) is 12.1 Å². The number of carboxylic acid groups (broad SMARTS) is 1. The zero-order chi connectivity index (χ0) is 17.3. The summed E-state index contributed by atoms with van der Waals surface area (Å²) in [7, 11) is 0. The number of aromatic carboxylic acids is 1. The standard InChI is InChI=1S/C19H24N2O3/c1-3-20(4-2)17(22)12-21-16-11-6-5-8-13(16)14-9-7-10-15(18(14)21)19(23)24/h7,9-10H,3-6,8,11-12H2,1-2H3,(H,23,24). The highest BCUT2D eigenvalue weighted by Gasteiger charge is 2.25. The Bertz CT molecular complexity index is 787. The molecule has 1 amide bonds. The zero-order valence-electron chi connectivity index (χ0n) is 14.3. The Kier molecular flexibility index (Phi) is 4.60. The number of rotatable bonds is 5. The molecule has 0 saturated carbocycles. The first-order valence-corrected chi connectivity index (χ1v) is 8.72. The van der Waals surface area contributed by atoms with Crippen LogP contribution in [0.1, 0.15) is 48.3 Å². The van der Waals surface area contributed by atoms with Crippen LogP contribution < -0.4 is 0 Å². The second-order valence-corrected chi connectivity index (χ2v) is 6.29. The predicted molar refractivity (Wildman–Crippen MR) is 93.5 cm³/mol. The summed E-state index contributed by atoms with van der Waals surface area (Å²) in [5, 5.41) is 10.6. The van der Waals surface area contributed by atoms with Crippen LogP contribution in [-0.4, -0.2) is 39.5 Å². The summed E-state index contributed by atoms with van der Waals surface area (Å²) < 4.78 is 1.97. The summed E-state index contributed by atoms with van der Waals surface area (Å²) >= 11 is 0. The Hall–Kier alpha value is -2.30. The first-order valence-electron chi connectivity index (χ1n) is 8.72. The van der Waals surface area contributed by atoms with Gasteiger partial charge in [-0.05, 0) is 51.2 Å². The van der Waals surface area contributed by atoms with Crippen LogP contribution in [0.5, 0.6) is 0 Å². The molecule has 1 aromatic heterocycles. The third-order valence-corrected chi connectivity index (χ3v) is 5.04. The molecule has 1 aliphatic rings. The molecule has 0 fully saturated rings. The van der Waals surface area contributed by atoms with Crippen LogP contribution in [0.15, 0.2) is 18.2 Å². The lowest BCUT2D eigenvalue weighted by Crippen LogP contribution is -2.34. The molecule has 24 heavy (non-hydrogen) atoms. The summed E-state index contributed by atoms with van der Waals surface area (Å²) in [6.45, 7) is 5.49. The van der Waals surface area contributed by atoms with E-state index < -0.39 is 5.97 Å². The van der Waals surface area contributed by atoms with Crippen molar-refractivity contribution < 1.29 is 14.7 Å². The first kappa shape index (κ1) is 16.6. The fraction of sp³-hybridized carbons (Fsp3) is 0.474. The Morgan fingerprint density at radius 2 is 1.88 bits per heavy atom. The molecule has 128 valence electrons. The molecular formula is C19H24N2O3. The number of likely N-dealkylation sites (N-methyl/N-ethyl adjacent to an activating group) is 1. The van der Waals surface area contributed by atoms with Gasteiger partial charge >= 0.3 is 5.97 Å². The summed E-state index contributed by atoms with van der Waals surface area (Å²) in [5.74, 6) is -0.891. The van der Waals surface area contributed by atoms with Crippen molar-refractivity contribution in [3.8, 4) is 0 Å². The number of fused-ring (bicyclic) bond motifs is 3. The molecule has 1 heterocycles. The van der Waals surface area contributed by atoms with E-state index in [2.05, 4.69) is 0 Å². The van der Waals surface area contributed by atoms with Gasteiger partial charge < -0.3 is 14.6 Å². The van der Waals surface area contributed by atoms with E-state index in [1.165, 1.54) is 5.56 Å². The number of carbonyl (C=O) groups excluding carboxylic acids is 1. The van der Waals surface area contributed by atoms with E-state index in [9.17, 15) is 14.7 Å². The van der Waals surface area contributed by atoms with Crippen LogP contribution in [0, 0.1) is 0 Å². The van der Waals surface area contributed by atoms with Crippen molar-refractivity contribution in [1.82, 2.24) is 9.47 Å².